The third-order valence-electron chi connectivity index (χ3n) is 4.17. The monoisotopic (exact) mass is 354 g/mol. The van der Waals surface area contributed by atoms with Crippen molar-refractivity contribution >= 4 is 11.8 Å². The fourth-order valence-corrected chi connectivity index (χ4v) is 2.67. The van der Waals surface area contributed by atoms with Crippen LogP contribution in [-0.2, 0) is 4.79 Å². The van der Waals surface area contributed by atoms with Crippen molar-refractivity contribution in [3.63, 3.8) is 0 Å². The molecule has 0 aromatic heterocycles. The zero-order chi connectivity index (χ0) is 18.5. The second-order valence-electron chi connectivity index (χ2n) is 6.24. The van der Waals surface area contributed by atoms with Crippen molar-refractivity contribution in [1.29, 1.82) is 0 Å². The number of aryl methyl sites for hydroxylation is 1. The van der Waals surface area contributed by atoms with Gasteiger partial charge in [-0.3, -0.25) is 9.59 Å². The molecule has 0 unspecified atom stereocenters. The summed E-state index contributed by atoms with van der Waals surface area (Å²) in [5.41, 5.74) is 2.52. The quantitative estimate of drug-likeness (QED) is 0.864. The number of fused-ring (bicyclic) bond motifs is 1. The van der Waals surface area contributed by atoms with E-state index in [0.29, 0.717) is 30.3 Å². The molecule has 0 saturated heterocycles. The van der Waals surface area contributed by atoms with Crippen molar-refractivity contribution < 1.29 is 19.1 Å². The van der Waals surface area contributed by atoms with E-state index in [9.17, 15) is 9.59 Å². The van der Waals surface area contributed by atoms with Crippen molar-refractivity contribution in [3.8, 4) is 11.5 Å². The molecule has 26 heavy (non-hydrogen) atoms. The van der Waals surface area contributed by atoms with Gasteiger partial charge < -0.3 is 20.1 Å². The molecule has 0 radical (unpaired) electrons. The lowest BCUT2D eigenvalue weighted by molar-refractivity contribution is -0.120. The number of rotatable bonds is 5. The standard InChI is InChI=1S/C20H22N2O4/c1-13-3-5-15(6-4-13)20(24)21-12-19(23)22-14(2)16-7-8-17-18(11-16)26-10-9-25-17/h3-8,11,14H,9-10,12H2,1-2H3,(H,21,24)(H,22,23)/t14-/m0/s1. The van der Waals surface area contributed by atoms with E-state index in [0.717, 1.165) is 11.1 Å². The summed E-state index contributed by atoms with van der Waals surface area (Å²) in [4.78, 5) is 24.2. The van der Waals surface area contributed by atoms with Crippen molar-refractivity contribution in [2.24, 2.45) is 0 Å². The maximum Gasteiger partial charge on any atom is 0.251 e. The first-order chi connectivity index (χ1) is 12.5. The van der Waals surface area contributed by atoms with Crippen LogP contribution < -0.4 is 20.1 Å². The van der Waals surface area contributed by atoms with E-state index in [-0.39, 0.29) is 24.4 Å². The van der Waals surface area contributed by atoms with Crippen LogP contribution in [0.5, 0.6) is 11.5 Å². The Hall–Kier alpha value is -3.02. The van der Waals surface area contributed by atoms with E-state index in [1.165, 1.54) is 0 Å². The Morgan fingerprint density at radius 2 is 1.73 bits per heavy atom. The molecule has 2 aromatic carbocycles. The van der Waals surface area contributed by atoms with E-state index in [1.807, 2.05) is 44.2 Å². The number of hydrogen-bond acceptors (Lipinski definition) is 4. The van der Waals surface area contributed by atoms with Gasteiger partial charge in [0.2, 0.25) is 5.91 Å². The van der Waals surface area contributed by atoms with Crippen LogP contribution >= 0.6 is 0 Å². The van der Waals surface area contributed by atoms with Crippen LogP contribution in [-0.4, -0.2) is 31.6 Å². The van der Waals surface area contributed by atoms with Gasteiger partial charge in [-0.1, -0.05) is 23.8 Å². The van der Waals surface area contributed by atoms with E-state index in [2.05, 4.69) is 10.6 Å². The zero-order valence-corrected chi connectivity index (χ0v) is 14.9. The minimum atomic E-state index is -0.271. The van der Waals surface area contributed by atoms with E-state index < -0.39 is 0 Å². The summed E-state index contributed by atoms with van der Waals surface area (Å²) in [5, 5.41) is 5.50. The predicted molar refractivity (Wildman–Crippen MR) is 97.5 cm³/mol. The molecule has 1 aliphatic heterocycles. The summed E-state index contributed by atoms with van der Waals surface area (Å²) >= 11 is 0. The van der Waals surface area contributed by atoms with Crippen molar-refractivity contribution in [3.05, 3.63) is 59.2 Å². The number of hydrogen-bond donors (Lipinski definition) is 2. The summed E-state index contributed by atoms with van der Waals surface area (Å²) in [6.07, 6.45) is 0. The maximum absolute atomic E-state index is 12.1. The minimum absolute atomic E-state index is 0.0817. The Kier molecular flexibility index (Phi) is 5.41. The third-order valence-corrected chi connectivity index (χ3v) is 4.17. The van der Waals surface area contributed by atoms with Crippen LogP contribution in [0, 0.1) is 6.92 Å². The molecule has 1 heterocycles. The van der Waals surface area contributed by atoms with Crippen LogP contribution in [0.2, 0.25) is 0 Å². The Balaban J connectivity index is 1.52. The highest BCUT2D eigenvalue weighted by Crippen LogP contribution is 2.32. The number of ether oxygens (including phenoxy) is 2. The van der Waals surface area contributed by atoms with Crippen LogP contribution in [0.3, 0.4) is 0 Å². The molecule has 6 heteroatoms. The molecular formula is C20H22N2O4. The van der Waals surface area contributed by atoms with Crippen molar-refractivity contribution in [1.82, 2.24) is 10.6 Å². The lowest BCUT2D eigenvalue weighted by atomic mass is 10.1. The average molecular weight is 354 g/mol. The minimum Gasteiger partial charge on any atom is -0.486 e. The van der Waals surface area contributed by atoms with Gasteiger partial charge in [-0.05, 0) is 43.7 Å². The molecule has 2 aromatic rings. The Labute approximate surface area is 152 Å². The van der Waals surface area contributed by atoms with Gasteiger partial charge in [-0.2, -0.15) is 0 Å². The first-order valence-electron chi connectivity index (χ1n) is 8.57. The normalized spacial score (nSPS) is 13.6. The van der Waals surface area contributed by atoms with Gasteiger partial charge in [0.05, 0.1) is 12.6 Å². The molecule has 3 rings (SSSR count). The van der Waals surface area contributed by atoms with Gasteiger partial charge in [0.15, 0.2) is 11.5 Å². The summed E-state index contributed by atoms with van der Waals surface area (Å²) in [6, 6.07) is 12.6. The highest BCUT2D eigenvalue weighted by molar-refractivity contribution is 5.96. The smallest absolute Gasteiger partial charge is 0.251 e. The highest BCUT2D eigenvalue weighted by Gasteiger charge is 2.16. The lowest BCUT2D eigenvalue weighted by Gasteiger charge is -2.21. The molecule has 1 aliphatic rings. The molecule has 2 N–H and O–H groups in total. The number of amides is 2. The van der Waals surface area contributed by atoms with Crippen LogP contribution in [0.1, 0.15) is 34.5 Å². The second kappa shape index (κ2) is 7.91. The third kappa shape index (κ3) is 4.33. The summed E-state index contributed by atoms with van der Waals surface area (Å²) in [6.45, 7) is 4.81. The number of nitrogens with one attached hydrogen (secondary N) is 2. The zero-order valence-electron chi connectivity index (χ0n) is 14.9. The molecule has 0 aliphatic carbocycles. The molecule has 1 atom stereocenters. The van der Waals surface area contributed by atoms with Crippen molar-refractivity contribution in [2.45, 2.75) is 19.9 Å². The fourth-order valence-electron chi connectivity index (χ4n) is 2.67. The SMILES string of the molecule is Cc1ccc(C(=O)NCC(=O)N[C@@H](C)c2ccc3c(c2)OCCO3)cc1. The number of benzene rings is 2. The first kappa shape index (κ1) is 17.8. The van der Waals surface area contributed by atoms with Gasteiger partial charge in [0, 0.05) is 5.56 Å². The van der Waals surface area contributed by atoms with Gasteiger partial charge in [-0.25, -0.2) is 0 Å². The topological polar surface area (TPSA) is 76.7 Å². The van der Waals surface area contributed by atoms with E-state index >= 15 is 0 Å². The van der Waals surface area contributed by atoms with Crippen LogP contribution in [0.4, 0.5) is 0 Å². The lowest BCUT2D eigenvalue weighted by Crippen LogP contribution is -2.38. The Bertz CT molecular complexity index is 802. The largest absolute Gasteiger partial charge is 0.486 e. The Morgan fingerprint density at radius 3 is 2.46 bits per heavy atom. The highest BCUT2D eigenvalue weighted by atomic mass is 16.6. The predicted octanol–water partition coefficient (Wildman–Crippen LogP) is 2.37. The summed E-state index contributed by atoms with van der Waals surface area (Å²) < 4.78 is 11.1. The van der Waals surface area contributed by atoms with Crippen LogP contribution in [0.15, 0.2) is 42.5 Å². The molecule has 2 amide bonds. The Morgan fingerprint density at radius 1 is 1.04 bits per heavy atom. The fraction of sp³-hybridized carbons (Fsp3) is 0.300. The van der Waals surface area contributed by atoms with Gasteiger partial charge in [-0.15, -0.1) is 0 Å². The van der Waals surface area contributed by atoms with Gasteiger partial charge in [0.25, 0.3) is 5.91 Å². The number of carbonyl (C=O) groups excluding carboxylic acids is 2. The molecule has 0 fully saturated rings. The van der Waals surface area contributed by atoms with Gasteiger partial charge >= 0.3 is 0 Å². The van der Waals surface area contributed by atoms with Gasteiger partial charge in [0.1, 0.15) is 13.2 Å². The summed E-state index contributed by atoms with van der Waals surface area (Å²) in [7, 11) is 0. The summed E-state index contributed by atoms with van der Waals surface area (Å²) in [5.74, 6) is 0.867. The second-order valence-corrected chi connectivity index (χ2v) is 6.24. The molecular weight excluding hydrogens is 332 g/mol. The first-order valence-corrected chi connectivity index (χ1v) is 8.57. The van der Waals surface area contributed by atoms with Crippen molar-refractivity contribution in [2.75, 3.05) is 19.8 Å². The molecule has 0 spiro atoms. The molecule has 136 valence electrons. The molecule has 6 nitrogen and oxygen atoms in total. The number of carbonyl (C=O) groups is 2. The van der Waals surface area contributed by atoms with Crippen LogP contribution in [0.25, 0.3) is 0 Å². The van der Waals surface area contributed by atoms with E-state index in [4.69, 9.17) is 9.47 Å². The average Bonchev–Trinajstić information content (AvgIpc) is 2.66. The molecule has 0 bridgehead atoms. The maximum atomic E-state index is 12.1. The molecule has 0 saturated carbocycles. The van der Waals surface area contributed by atoms with E-state index in [1.54, 1.807) is 12.1 Å².